The van der Waals surface area contributed by atoms with Crippen molar-refractivity contribution in [2.24, 2.45) is 5.92 Å². The number of likely N-dealkylation sites (N-methyl/N-ethyl adjacent to an activating group) is 1. The smallest absolute Gasteiger partial charge is 0.358 e. The molecule has 1 unspecified atom stereocenters. The molecule has 1 saturated heterocycles. The van der Waals surface area contributed by atoms with Crippen LogP contribution in [0, 0.1) is 5.92 Å². The normalized spacial score (nSPS) is 19.7. The number of amides is 2. The number of nitrogen functional groups attached to an aromatic ring is 1. The summed E-state index contributed by atoms with van der Waals surface area (Å²) in [6, 6.07) is -0.825. The Morgan fingerprint density at radius 1 is 1.18 bits per heavy atom. The van der Waals surface area contributed by atoms with Gasteiger partial charge < -0.3 is 25.4 Å². The highest BCUT2D eigenvalue weighted by molar-refractivity contribution is 8.01. The third kappa shape index (κ3) is 10.4. The minimum absolute atomic E-state index is 0. The third-order valence-electron chi connectivity index (χ3n) is 8.05. The Kier molecular flexibility index (Phi) is 15.9. The number of fused-ring (bicyclic) bond motifs is 1. The molecule has 2 aromatic rings. The Morgan fingerprint density at radius 3 is 2.61 bits per heavy atom. The van der Waals surface area contributed by atoms with Crippen molar-refractivity contribution in [2.75, 3.05) is 37.9 Å². The van der Waals surface area contributed by atoms with Crippen LogP contribution in [0.15, 0.2) is 21.8 Å². The predicted molar refractivity (Wildman–Crippen MR) is 191 cm³/mol. The standard InChI is InChI=1S/C29H41N9O6S3.2ClH/c1-4-8-21(43-26(41)17-9-6-5-7-10-17)44-27(42)23-18(15-47-29-33-34-35-37(29)12-11-36(2)3)14-45-25-22(24(40)38(23)25)32-20(39)13-19-16-46-28(30)31-19;;/h16-17,21-22,25H,4-15H2,1-3H3,(H2,30,31)(H,32,39);2*1H/t21?,22-,25-;;/m1../s1. The topological polar surface area (TPSA) is 188 Å². The van der Waals surface area contributed by atoms with E-state index in [9.17, 15) is 19.2 Å². The summed E-state index contributed by atoms with van der Waals surface area (Å²) in [4.78, 5) is 60.8. The summed E-state index contributed by atoms with van der Waals surface area (Å²) in [5.41, 5.74) is 6.97. The lowest BCUT2D eigenvalue weighted by atomic mass is 9.89. The number of carbonyl (C=O) groups is 4. The van der Waals surface area contributed by atoms with Crippen LogP contribution in [0.2, 0.25) is 0 Å². The molecule has 1 saturated carbocycles. The molecule has 0 spiro atoms. The first-order valence-corrected chi connectivity index (χ1v) is 18.7. The Balaban J connectivity index is 0.00000325. The molecule has 272 valence electrons. The number of nitrogens with one attached hydrogen (secondary N) is 1. The van der Waals surface area contributed by atoms with Crippen molar-refractivity contribution in [1.82, 2.24) is 40.3 Å². The molecule has 0 aromatic carbocycles. The Labute approximate surface area is 310 Å². The largest absolute Gasteiger partial charge is 0.425 e. The van der Waals surface area contributed by atoms with Crippen LogP contribution in [-0.2, 0) is 41.6 Å². The van der Waals surface area contributed by atoms with Gasteiger partial charge in [-0.3, -0.25) is 19.3 Å². The number of halogens is 2. The number of carbonyl (C=O) groups excluding carboxylic acids is 4. The molecular weight excluding hydrogens is 737 g/mol. The molecule has 2 amide bonds. The van der Waals surface area contributed by atoms with Gasteiger partial charge >= 0.3 is 11.9 Å². The molecule has 2 aliphatic heterocycles. The maximum atomic E-state index is 13.9. The van der Waals surface area contributed by atoms with E-state index in [1.807, 2.05) is 25.9 Å². The molecule has 2 aromatic heterocycles. The van der Waals surface area contributed by atoms with E-state index in [2.05, 4.69) is 25.8 Å². The minimum Gasteiger partial charge on any atom is -0.425 e. The summed E-state index contributed by atoms with van der Waals surface area (Å²) in [7, 11) is 3.92. The zero-order chi connectivity index (χ0) is 33.5. The SMILES string of the molecule is CCCC(OC(=O)C1=C(CSc2nnnn2CCN(C)C)CS[C@@H]2[C@H](NC(=O)Cc3csc(N)n3)C(=O)N12)OC(=O)C1CCCCC1.Cl.Cl. The van der Waals surface area contributed by atoms with Crippen LogP contribution < -0.4 is 11.1 Å². The first kappa shape index (κ1) is 40.8. The number of β-lactam (4-membered cyclic amide) rings is 1. The fourth-order valence-corrected chi connectivity index (χ4v) is 8.53. The fraction of sp³-hybridized carbons (Fsp3) is 0.655. The zero-order valence-electron chi connectivity index (χ0n) is 27.6. The van der Waals surface area contributed by atoms with Gasteiger partial charge in [0, 0.05) is 29.9 Å². The van der Waals surface area contributed by atoms with E-state index in [0.717, 1.165) is 38.6 Å². The van der Waals surface area contributed by atoms with Gasteiger partial charge in [0.15, 0.2) is 5.13 Å². The van der Waals surface area contributed by atoms with Crippen molar-refractivity contribution in [3.63, 3.8) is 0 Å². The highest BCUT2D eigenvalue weighted by atomic mass is 35.5. The number of thiazole rings is 1. The van der Waals surface area contributed by atoms with Crippen molar-refractivity contribution >= 4 is 88.6 Å². The molecule has 3 N–H and O–H groups in total. The number of tetrazole rings is 1. The van der Waals surface area contributed by atoms with Gasteiger partial charge in [-0.15, -0.1) is 53.0 Å². The van der Waals surface area contributed by atoms with E-state index in [4.69, 9.17) is 15.2 Å². The zero-order valence-corrected chi connectivity index (χ0v) is 31.7. The van der Waals surface area contributed by atoms with Crippen molar-refractivity contribution in [2.45, 2.75) is 87.7 Å². The molecule has 15 nitrogen and oxygen atoms in total. The summed E-state index contributed by atoms with van der Waals surface area (Å²) in [6.45, 7) is 3.23. The average Bonchev–Trinajstić information content (AvgIpc) is 3.69. The summed E-state index contributed by atoms with van der Waals surface area (Å²) in [6.07, 6.45) is 4.40. The number of hydrogen-bond acceptors (Lipinski definition) is 15. The van der Waals surface area contributed by atoms with E-state index in [-0.39, 0.29) is 54.7 Å². The van der Waals surface area contributed by atoms with E-state index < -0.39 is 29.6 Å². The quantitative estimate of drug-likeness (QED) is 0.116. The van der Waals surface area contributed by atoms with E-state index in [1.54, 1.807) is 10.1 Å². The lowest BCUT2D eigenvalue weighted by Gasteiger charge is -2.49. The lowest BCUT2D eigenvalue weighted by Crippen LogP contribution is -2.70. The van der Waals surface area contributed by atoms with Crippen LogP contribution in [-0.4, -0.2) is 109 Å². The van der Waals surface area contributed by atoms with Crippen LogP contribution in [0.25, 0.3) is 0 Å². The first-order valence-electron chi connectivity index (χ1n) is 15.8. The first-order chi connectivity index (χ1) is 22.6. The Bertz CT molecular complexity index is 1490. The fourth-order valence-electron chi connectivity index (χ4n) is 5.58. The van der Waals surface area contributed by atoms with Gasteiger partial charge in [-0.1, -0.05) is 37.9 Å². The lowest BCUT2D eigenvalue weighted by molar-refractivity contribution is -0.192. The molecule has 0 radical (unpaired) electrons. The Hall–Kier alpha value is -2.64. The molecule has 1 aliphatic carbocycles. The number of thioether (sulfide) groups is 2. The van der Waals surface area contributed by atoms with E-state index in [0.29, 0.717) is 52.4 Å². The van der Waals surface area contributed by atoms with Crippen molar-refractivity contribution in [3.05, 3.63) is 22.3 Å². The number of nitrogens with zero attached hydrogens (tertiary/aromatic N) is 7. The number of aromatic nitrogens is 5. The molecular formula is C29H43Cl2N9O6S3. The predicted octanol–water partition coefficient (Wildman–Crippen LogP) is 2.90. The summed E-state index contributed by atoms with van der Waals surface area (Å²) < 4.78 is 13.3. The van der Waals surface area contributed by atoms with Crippen LogP contribution >= 0.6 is 59.7 Å². The van der Waals surface area contributed by atoms with Gasteiger partial charge in [0.25, 0.3) is 5.91 Å². The molecule has 3 aliphatic rings. The van der Waals surface area contributed by atoms with Gasteiger partial charge in [-0.25, -0.2) is 14.5 Å². The second-order valence-corrected chi connectivity index (χ2v) is 14.9. The molecule has 3 atom stereocenters. The van der Waals surface area contributed by atoms with E-state index >= 15 is 0 Å². The molecule has 49 heavy (non-hydrogen) atoms. The monoisotopic (exact) mass is 779 g/mol. The van der Waals surface area contributed by atoms with Crippen molar-refractivity contribution in [1.29, 1.82) is 0 Å². The van der Waals surface area contributed by atoms with Crippen LogP contribution in [0.5, 0.6) is 0 Å². The Morgan fingerprint density at radius 2 is 1.94 bits per heavy atom. The van der Waals surface area contributed by atoms with Gasteiger partial charge in [0.05, 0.1) is 24.6 Å². The maximum Gasteiger partial charge on any atom is 0.358 e. The number of anilines is 1. The number of esters is 2. The van der Waals surface area contributed by atoms with Gasteiger partial charge in [-0.05, 0) is 49.4 Å². The molecule has 0 bridgehead atoms. The summed E-state index contributed by atoms with van der Waals surface area (Å²) in [5, 5.41) is 17.0. The van der Waals surface area contributed by atoms with Crippen LogP contribution in [0.4, 0.5) is 5.13 Å². The van der Waals surface area contributed by atoms with Crippen LogP contribution in [0.1, 0.15) is 57.6 Å². The summed E-state index contributed by atoms with van der Waals surface area (Å²) >= 11 is 4.04. The highest BCUT2D eigenvalue weighted by Gasteiger charge is 2.54. The number of hydrogen-bond donors (Lipinski definition) is 2. The molecule has 2 fully saturated rings. The highest BCUT2D eigenvalue weighted by Crippen LogP contribution is 2.42. The maximum absolute atomic E-state index is 13.9. The van der Waals surface area contributed by atoms with Crippen LogP contribution in [0.3, 0.4) is 0 Å². The van der Waals surface area contributed by atoms with Gasteiger partial charge in [0.1, 0.15) is 17.1 Å². The van der Waals surface area contributed by atoms with Crippen molar-refractivity contribution < 1.29 is 28.7 Å². The molecule has 5 rings (SSSR count). The third-order valence-corrected chi connectivity index (χ3v) is 11.2. The number of nitrogens with two attached hydrogens (primary N) is 1. The minimum atomic E-state index is -1.08. The second-order valence-electron chi connectivity index (χ2n) is 11.9. The van der Waals surface area contributed by atoms with Gasteiger partial charge in [0.2, 0.25) is 17.4 Å². The van der Waals surface area contributed by atoms with Gasteiger partial charge in [-0.2, -0.15) is 0 Å². The number of ether oxygens (including phenoxy) is 2. The summed E-state index contributed by atoms with van der Waals surface area (Å²) in [5.74, 6) is -1.38. The molecule has 20 heteroatoms. The van der Waals surface area contributed by atoms with Crippen molar-refractivity contribution in [3.8, 4) is 0 Å². The number of rotatable bonds is 15. The second kappa shape index (κ2) is 19.1. The average molecular weight is 781 g/mol. The van der Waals surface area contributed by atoms with E-state index in [1.165, 1.54) is 39.8 Å². The molecule has 4 heterocycles.